The highest BCUT2D eigenvalue weighted by molar-refractivity contribution is 6.03. The number of hydrogen-bond acceptors (Lipinski definition) is 5. The van der Waals surface area contributed by atoms with Crippen molar-refractivity contribution in [1.82, 2.24) is 9.97 Å². The summed E-state index contributed by atoms with van der Waals surface area (Å²) >= 11 is 0. The monoisotopic (exact) mass is 452 g/mol. The Morgan fingerprint density at radius 3 is 2.68 bits per heavy atom. The van der Waals surface area contributed by atoms with E-state index in [1.165, 1.54) is 6.26 Å². The van der Waals surface area contributed by atoms with Gasteiger partial charge in [0.2, 0.25) is 0 Å². The summed E-state index contributed by atoms with van der Waals surface area (Å²) in [5.41, 5.74) is 5.40. The number of ether oxygens (including phenoxy) is 1. The first-order valence-corrected chi connectivity index (χ1v) is 10.9. The van der Waals surface area contributed by atoms with Crippen LogP contribution in [0.25, 0.3) is 10.9 Å². The molecule has 170 valence electrons. The number of furan rings is 1. The molecule has 0 aliphatic rings. The molecule has 2 aromatic carbocycles. The van der Waals surface area contributed by atoms with Crippen molar-refractivity contribution in [2.24, 2.45) is 0 Å². The molecule has 1 amide bonds. The third-order valence-corrected chi connectivity index (χ3v) is 5.72. The number of benzene rings is 2. The SMILES string of the molecule is COc1ccccc1N[C@H](c1ccccn1)c1c(C)[nH]c2ccc(NC(=O)c3ccco3)cc12. The maximum atomic E-state index is 12.5. The molecule has 0 radical (unpaired) electrons. The number of nitrogens with one attached hydrogen (secondary N) is 3. The Labute approximate surface area is 196 Å². The van der Waals surface area contributed by atoms with E-state index in [9.17, 15) is 4.79 Å². The molecule has 1 atom stereocenters. The number of nitrogens with zero attached hydrogens (tertiary/aromatic N) is 1. The zero-order chi connectivity index (χ0) is 23.5. The summed E-state index contributed by atoms with van der Waals surface area (Å²) in [6.07, 6.45) is 3.26. The first kappa shape index (κ1) is 21.3. The number of rotatable bonds is 7. The smallest absolute Gasteiger partial charge is 0.291 e. The van der Waals surface area contributed by atoms with Gasteiger partial charge in [0.1, 0.15) is 5.75 Å². The van der Waals surface area contributed by atoms with Gasteiger partial charge >= 0.3 is 0 Å². The zero-order valence-corrected chi connectivity index (χ0v) is 18.8. The first-order valence-electron chi connectivity index (χ1n) is 10.9. The minimum absolute atomic E-state index is 0.259. The van der Waals surface area contributed by atoms with Gasteiger partial charge in [-0.1, -0.05) is 18.2 Å². The number of anilines is 2. The molecule has 0 aliphatic carbocycles. The molecular formula is C27H24N4O3. The Balaban J connectivity index is 1.59. The number of carbonyl (C=O) groups is 1. The van der Waals surface area contributed by atoms with Gasteiger partial charge in [-0.3, -0.25) is 9.78 Å². The molecule has 7 heteroatoms. The highest BCUT2D eigenvalue weighted by Crippen LogP contribution is 2.37. The van der Waals surface area contributed by atoms with E-state index in [1.807, 2.05) is 67.6 Å². The van der Waals surface area contributed by atoms with E-state index in [2.05, 4.69) is 20.6 Å². The van der Waals surface area contributed by atoms with E-state index >= 15 is 0 Å². The second-order valence-corrected chi connectivity index (χ2v) is 7.89. The summed E-state index contributed by atoms with van der Waals surface area (Å²) in [6.45, 7) is 2.04. The Morgan fingerprint density at radius 1 is 1.06 bits per heavy atom. The number of aryl methyl sites for hydroxylation is 1. The maximum absolute atomic E-state index is 12.5. The quantitative estimate of drug-likeness (QED) is 0.285. The third kappa shape index (κ3) is 4.11. The van der Waals surface area contributed by atoms with Gasteiger partial charge in [0.15, 0.2) is 5.76 Å². The summed E-state index contributed by atoms with van der Waals surface area (Å²) in [4.78, 5) is 20.6. The van der Waals surface area contributed by atoms with Crippen molar-refractivity contribution in [1.29, 1.82) is 0 Å². The molecule has 34 heavy (non-hydrogen) atoms. The standard InChI is InChI=1S/C27H24N4O3/c1-17-25(19-16-18(12-13-20(19)29-17)30-27(32)24-11-7-15-34-24)26(22-9-5-6-14-28-22)31-21-8-3-4-10-23(21)33-2/h3-16,26,29,31H,1-2H3,(H,30,32)/t26-/m1/s1. The van der Waals surface area contributed by atoms with E-state index in [1.54, 1.807) is 25.4 Å². The van der Waals surface area contributed by atoms with Crippen LogP contribution in [0.1, 0.15) is 33.5 Å². The number of hydrogen-bond donors (Lipinski definition) is 3. The normalized spacial score (nSPS) is 11.8. The summed E-state index contributed by atoms with van der Waals surface area (Å²) in [6, 6.07) is 22.5. The summed E-state index contributed by atoms with van der Waals surface area (Å²) in [7, 11) is 1.65. The molecule has 5 rings (SSSR count). The minimum atomic E-state index is -0.299. The number of methoxy groups -OCH3 is 1. The molecule has 5 aromatic rings. The molecule has 7 nitrogen and oxygen atoms in total. The molecule has 3 aromatic heterocycles. The minimum Gasteiger partial charge on any atom is -0.495 e. The second-order valence-electron chi connectivity index (χ2n) is 7.89. The van der Waals surface area contributed by atoms with Gasteiger partial charge < -0.3 is 24.8 Å². The van der Waals surface area contributed by atoms with Crippen molar-refractivity contribution in [2.45, 2.75) is 13.0 Å². The van der Waals surface area contributed by atoms with Gasteiger partial charge in [0.05, 0.1) is 30.8 Å². The van der Waals surface area contributed by atoms with Crippen molar-refractivity contribution < 1.29 is 13.9 Å². The predicted octanol–water partition coefficient (Wildman–Crippen LogP) is 5.93. The fraction of sp³-hybridized carbons (Fsp3) is 0.111. The summed E-state index contributed by atoms with van der Waals surface area (Å²) < 4.78 is 10.8. The van der Waals surface area contributed by atoms with Crippen LogP contribution in [0.4, 0.5) is 11.4 Å². The van der Waals surface area contributed by atoms with Crippen LogP contribution < -0.4 is 15.4 Å². The Morgan fingerprint density at radius 2 is 1.91 bits per heavy atom. The van der Waals surface area contributed by atoms with Gasteiger partial charge in [-0.25, -0.2) is 0 Å². The van der Waals surface area contributed by atoms with Crippen LogP contribution in [0.15, 0.2) is 89.7 Å². The number of aromatic amines is 1. The van der Waals surface area contributed by atoms with Gasteiger partial charge in [-0.15, -0.1) is 0 Å². The number of para-hydroxylation sites is 2. The van der Waals surface area contributed by atoms with Gasteiger partial charge in [0.25, 0.3) is 5.91 Å². The fourth-order valence-corrected chi connectivity index (χ4v) is 4.16. The van der Waals surface area contributed by atoms with Crippen LogP contribution >= 0.6 is 0 Å². The highest BCUT2D eigenvalue weighted by atomic mass is 16.5. The Kier molecular flexibility index (Phi) is 5.74. The molecule has 0 aliphatic heterocycles. The van der Waals surface area contributed by atoms with Crippen LogP contribution in [-0.4, -0.2) is 23.0 Å². The van der Waals surface area contributed by atoms with E-state index < -0.39 is 0 Å². The lowest BCUT2D eigenvalue weighted by atomic mass is 9.98. The first-order chi connectivity index (χ1) is 16.6. The van der Waals surface area contributed by atoms with Crippen molar-refractivity contribution in [3.05, 3.63) is 108 Å². The Hall–Kier alpha value is -4.52. The molecule has 0 saturated heterocycles. The van der Waals surface area contributed by atoms with Crippen LogP contribution in [0.3, 0.4) is 0 Å². The van der Waals surface area contributed by atoms with Crippen LogP contribution in [0.5, 0.6) is 5.75 Å². The molecular weight excluding hydrogens is 428 g/mol. The van der Waals surface area contributed by atoms with Crippen LogP contribution in [0, 0.1) is 6.92 Å². The number of amides is 1. The highest BCUT2D eigenvalue weighted by Gasteiger charge is 2.23. The Bertz CT molecular complexity index is 1430. The lowest BCUT2D eigenvalue weighted by Crippen LogP contribution is -2.15. The van der Waals surface area contributed by atoms with E-state index in [4.69, 9.17) is 9.15 Å². The van der Waals surface area contributed by atoms with Crippen molar-refractivity contribution in [3.63, 3.8) is 0 Å². The molecule has 0 unspecified atom stereocenters. The van der Waals surface area contributed by atoms with Crippen LogP contribution in [0.2, 0.25) is 0 Å². The van der Waals surface area contributed by atoms with Crippen LogP contribution in [-0.2, 0) is 0 Å². The van der Waals surface area contributed by atoms with E-state index in [0.29, 0.717) is 5.69 Å². The third-order valence-electron chi connectivity index (χ3n) is 5.72. The number of carbonyl (C=O) groups excluding carboxylic acids is 1. The van der Waals surface area contributed by atoms with Gasteiger partial charge in [-0.05, 0) is 61.5 Å². The molecule has 3 heterocycles. The molecule has 0 spiro atoms. The molecule has 0 saturated carbocycles. The lowest BCUT2D eigenvalue weighted by Gasteiger charge is -2.22. The maximum Gasteiger partial charge on any atom is 0.291 e. The van der Waals surface area contributed by atoms with Crippen molar-refractivity contribution in [2.75, 3.05) is 17.7 Å². The number of aromatic nitrogens is 2. The average molecular weight is 453 g/mol. The number of pyridine rings is 1. The topological polar surface area (TPSA) is 92.2 Å². The summed E-state index contributed by atoms with van der Waals surface area (Å²) in [5.74, 6) is 0.702. The largest absolute Gasteiger partial charge is 0.495 e. The van der Waals surface area contributed by atoms with E-state index in [0.717, 1.165) is 39.3 Å². The van der Waals surface area contributed by atoms with Gasteiger partial charge in [0, 0.05) is 34.0 Å². The number of fused-ring (bicyclic) bond motifs is 1. The summed E-state index contributed by atoms with van der Waals surface area (Å²) in [5, 5.41) is 7.52. The average Bonchev–Trinajstić information content (AvgIpc) is 3.51. The van der Waals surface area contributed by atoms with E-state index in [-0.39, 0.29) is 17.7 Å². The molecule has 3 N–H and O–H groups in total. The van der Waals surface area contributed by atoms with Crippen molar-refractivity contribution >= 4 is 28.2 Å². The van der Waals surface area contributed by atoms with Gasteiger partial charge in [-0.2, -0.15) is 0 Å². The lowest BCUT2D eigenvalue weighted by molar-refractivity contribution is 0.0996. The molecule has 0 fully saturated rings. The molecule has 0 bridgehead atoms. The second kappa shape index (κ2) is 9.15. The fourth-order valence-electron chi connectivity index (χ4n) is 4.16. The van der Waals surface area contributed by atoms with Crippen molar-refractivity contribution in [3.8, 4) is 5.75 Å². The predicted molar refractivity (Wildman–Crippen MR) is 132 cm³/mol. The number of H-pyrrole nitrogens is 1. The zero-order valence-electron chi connectivity index (χ0n) is 18.8.